The molecular formula is C19H22FN3O2S. The van der Waals surface area contributed by atoms with E-state index in [-0.39, 0.29) is 30.6 Å². The minimum absolute atomic E-state index is 0.0640. The number of hydrogen-bond donors (Lipinski definition) is 3. The van der Waals surface area contributed by atoms with Crippen LogP contribution in [0.25, 0.3) is 0 Å². The van der Waals surface area contributed by atoms with Crippen molar-refractivity contribution < 1.29 is 14.0 Å². The van der Waals surface area contributed by atoms with Gasteiger partial charge in [-0.05, 0) is 49.7 Å². The second-order valence-electron chi connectivity index (χ2n) is 5.82. The fourth-order valence-corrected chi connectivity index (χ4v) is 3.08. The van der Waals surface area contributed by atoms with Crippen LogP contribution in [0.15, 0.2) is 47.4 Å². The first-order chi connectivity index (χ1) is 12.4. The fourth-order valence-electron chi connectivity index (χ4n) is 2.23. The number of halogens is 1. The van der Waals surface area contributed by atoms with E-state index >= 15 is 0 Å². The normalized spacial score (nSPS) is 10.3. The topological polar surface area (TPSA) is 70.2 Å². The standard InChI is InChI=1S/C19H22FN3O2S/c1-13-3-8-17(14(2)11-13)21-12-19(25)23-22-18(24)9-10-26-16-6-4-15(20)5-7-16/h3-8,11,21H,9-10,12H2,1-2H3,(H,22,24)(H,23,25). The number of hydrazine groups is 1. The lowest BCUT2D eigenvalue weighted by atomic mass is 10.1. The van der Waals surface area contributed by atoms with Crippen LogP contribution in [-0.2, 0) is 9.59 Å². The smallest absolute Gasteiger partial charge is 0.257 e. The summed E-state index contributed by atoms with van der Waals surface area (Å²) < 4.78 is 12.8. The molecule has 5 nitrogen and oxygen atoms in total. The zero-order valence-electron chi connectivity index (χ0n) is 14.8. The van der Waals surface area contributed by atoms with E-state index in [4.69, 9.17) is 0 Å². The van der Waals surface area contributed by atoms with Gasteiger partial charge in [-0.1, -0.05) is 17.7 Å². The monoisotopic (exact) mass is 375 g/mol. The zero-order valence-corrected chi connectivity index (χ0v) is 15.6. The molecule has 0 radical (unpaired) electrons. The predicted molar refractivity (Wildman–Crippen MR) is 102 cm³/mol. The van der Waals surface area contributed by atoms with Gasteiger partial charge < -0.3 is 5.32 Å². The van der Waals surface area contributed by atoms with Gasteiger partial charge in [0.05, 0.1) is 6.54 Å². The van der Waals surface area contributed by atoms with Crippen molar-refractivity contribution in [1.29, 1.82) is 0 Å². The highest BCUT2D eigenvalue weighted by Gasteiger charge is 2.06. The average Bonchev–Trinajstić information content (AvgIpc) is 2.61. The molecule has 0 bridgehead atoms. The van der Waals surface area contributed by atoms with Crippen molar-refractivity contribution in [3.05, 3.63) is 59.4 Å². The first-order valence-electron chi connectivity index (χ1n) is 8.21. The van der Waals surface area contributed by atoms with Crippen molar-refractivity contribution in [1.82, 2.24) is 10.9 Å². The Morgan fingerprint density at radius 2 is 1.69 bits per heavy atom. The molecule has 2 aromatic rings. The van der Waals surface area contributed by atoms with Gasteiger partial charge in [0.2, 0.25) is 5.91 Å². The number of benzene rings is 2. The largest absolute Gasteiger partial charge is 0.376 e. The van der Waals surface area contributed by atoms with E-state index in [1.807, 2.05) is 32.0 Å². The Labute approximate surface area is 156 Å². The maximum absolute atomic E-state index is 12.8. The van der Waals surface area contributed by atoms with Gasteiger partial charge in [-0.15, -0.1) is 11.8 Å². The summed E-state index contributed by atoms with van der Waals surface area (Å²) in [7, 11) is 0. The predicted octanol–water partition coefficient (Wildman–Crippen LogP) is 3.18. The Kier molecular flexibility index (Phi) is 7.47. The Balaban J connectivity index is 1.63. The van der Waals surface area contributed by atoms with Crippen LogP contribution in [0.2, 0.25) is 0 Å². The van der Waals surface area contributed by atoms with Crippen LogP contribution in [0.3, 0.4) is 0 Å². The third-order valence-corrected chi connectivity index (χ3v) is 4.59. The molecule has 0 heterocycles. The summed E-state index contributed by atoms with van der Waals surface area (Å²) in [4.78, 5) is 24.4. The molecule has 2 rings (SSSR count). The number of nitrogens with one attached hydrogen (secondary N) is 3. The number of hydrogen-bond acceptors (Lipinski definition) is 4. The molecule has 0 unspecified atom stereocenters. The van der Waals surface area contributed by atoms with Crippen molar-refractivity contribution >= 4 is 29.3 Å². The van der Waals surface area contributed by atoms with Crippen molar-refractivity contribution in [3.8, 4) is 0 Å². The summed E-state index contributed by atoms with van der Waals surface area (Å²) in [6.07, 6.45) is 0.243. The minimum Gasteiger partial charge on any atom is -0.376 e. The van der Waals surface area contributed by atoms with E-state index in [0.29, 0.717) is 5.75 Å². The van der Waals surface area contributed by atoms with Crippen LogP contribution < -0.4 is 16.2 Å². The minimum atomic E-state index is -0.329. The Hall–Kier alpha value is -2.54. The second kappa shape index (κ2) is 9.82. The molecule has 0 spiro atoms. The van der Waals surface area contributed by atoms with Gasteiger partial charge in [-0.3, -0.25) is 20.4 Å². The second-order valence-corrected chi connectivity index (χ2v) is 6.99. The van der Waals surface area contributed by atoms with Crippen LogP contribution in [0.5, 0.6) is 0 Å². The van der Waals surface area contributed by atoms with Gasteiger partial charge in [0.1, 0.15) is 5.82 Å². The fraction of sp³-hybridized carbons (Fsp3) is 0.263. The highest BCUT2D eigenvalue weighted by Crippen LogP contribution is 2.18. The van der Waals surface area contributed by atoms with E-state index in [1.165, 1.54) is 23.9 Å². The molecule has 3 N–H and O–H groups in total. The van der Waals surface area contributed by atoms with Crippen molar-refractivity contribution in [2.24, 2.45) is 0 Å². The molecule has 26 heavy (non-hydrogen) atoms. The molecule has 0 aliphatic carbocycles. The van der Waals surface area contributed by atoms with Crippen LogP contribution in [0.1, 0.15) is 17.5 Å². The first-order valence-corrected chi connectivity index (χ1v) is 9.20. The van der Waals surface area contributed by atoms with Crippen molar-refractivity contribution in [3.63, 3.8) is 0 Å². The molecule has 2 amide bonds. The molecule has 0 saturated carbocycles. The molecular weight excluding hydrogens is 353 g/mol. The number of rotatable bonds is 7. The molecule has 0 aromatic heterocycles. The summed E-state index contributed by atoms with van der Waals surface area (Å²) in [6, 6.07) is 12.0. The maximum atomic E-state index is 12.8. The Bertz CT molecular complexity index is 766. The summed E-state index contributed by atoms with van der Waals surface area (Å²) >= 11 is 1.45. The highest BCUT2D eigenvalue weighted by molar-refractivity contribution is 7.99. The summed E-state index contributed by atoms with van der Waals surface area (Å²) in [6.45, 7) is 4.04. The van der Waals surface area contributed by atoms with Crippen LogP contribution in [0, 0.1) is 19.7 Å². The number of carbonyl (C=O) groups excluding carboxylic acids is 2. The Morgan fingerprint density at radius 3 is 2.38 bits per heavy atom. The number of anilines is 1. The third kappa shape index (κ3) is 6.76. The maximum Gasteiger partial charge on any atom is 0.257 e. The summed E-state index contributed by atoms with van der Waals surface area (Å²) in [5.41, 5.74) is 7.86. The molecule has 0 saturated heterocycles. The van der Waals surface area contributed by atoms with Crippen LogP contribution in [-0.4, -0.2) is 24.1 Å². The summed E-state index contributed by atoms with van der Waals surface area (Å²) in [5, 5.41) is 3.03. The lowest BCUT2D eigenvalue weighted by Crippen LogP contribution is -2.44. The summed E-state index contributed by atoms with van der Waals surface area (Å²) in [5.74, 6) is -0.359. The van der Waals surface area contributed by atoms with Gasteiger partial charge in [-0.2, -0.15) is 0 Å². The van der Waals surface area contributed by atoms with E-state index in [1.54, 1.807) is 12.1 Å². The van der Waals surface area contributed by atoms with Gasteiger partial charge in [-0.25, -0.2) is 4.39 Å². The van der Waals surface area contributed by atoms with Gasteiger partial charge in [0.25, 0.3) is 5.91 Å². The SMILES string of the molecule is Cc1ccc(NCC(=O)NNC(=O)CCSc2ccc(F)cc2)c(C)c1. The molecule has 0 aliphatic heterocycles. The number of thioether (sulfide) groups is 1. The van der Waals surface area contributed by atoms with E-state index in [0.717, 1.165) is 21.7 Å². The molecule has 7 heteroatoms. The van der Waals surface area contributed by atoms with E-state index < -0.39 is 0 Å². The molecule has 0 aliphatic rings. The molecule has 0 atom stereocenters. The van der Waals surface area contributed by atoms with Crippen LogP contribution in [0.4, 0.5) is 10.1 Å². The van der Waals surface area contributed by atoms with Crippen molar-refractivity contribution in [2.45, 2.75) is 25.2 Å². The van der Waals surface area contributed by atoms with Crippen molar-refractivity contribution in [2.75, 3.05) is 17.6 Å². The van der Waals surface area contributed by atoms with Crippen LogP contribution >= 0.6 is 11.8 Å². The quantitative estimate of drug-likeness (QED) is 0.513. The van der Waals surface area contributed by atoms with Gasteiger partial charge >= 0.3 is 0 Å². The number of amides is 2. The number of carbonyl (C=O) groups is 2. The third-order valence-electron chi connectivity index (χ3n) is 3.57. The zero-order chi connectivity index (χ0) is 18.9. The Morgan fingerprint density at radius 1 is 1.00 bits per heavy atom. The van der Waals surface area contributed by atoms with Gasteiger partial charge in [0.15, 0.2) is 0 Å². The number of aryl methyl sites for hydroxylation is 2. The molecule has 138 valence electrons. The molecule has 0 fully saturated rings. The lowest BCUT2D eigenvalue weighted by molar-refractivity contribution is -0.127. The van der Waals surface area contributed by atoms with Gasteiger partial charge in [0, 0.05) is 22.8 Å². The average molecular weight is 375 g/mol. The first kappa shape index (κ1) is 19.8. The van der Waals surface area contributed by atoms with E-state index in [9.17, 15) is 14.0 Å². The lowest BCUT2D eigenvalue weighted by Gasteiger charge is -2.11. The molecule has 2 aromatic carbocycles. The highest BCUT2D eigenvalue weighted by atomic mass is 32.2. The van der Waals surface area contributed by atoms with E-state index in [2.05, 4.69) is 16.2 Å².